The zero-order valence-corrected chi connectivity index (χ0v) is 14.7. The molecule has 1 aromatic rings. The molecule has 0 unspecified atom stereocenters. The van der Waals surface area contributed by atoms with Gasteiger partial charge in [0.25, 0.3) is 0 Å². The van der Waals surface area contributed by atoms with E-state index in [9.17, 15) is 0 Å². The summed E-state index contributed by atoms with van der Waals surface area (Å²) in [5, 5.41) is 4.74. The van der Waals surface area contributed by atoms with Crippen LogP contribution in [-0.4, -0.2) is 0 Å². The van der Waals surface area contributed by atoms with E-state index in [0.29, 0.717) is 0 Å². The number of thiophene rings is 1. The fourth-order valence-corrected chi connectivity index (χ4v) is 3.73. The molecule has 0 aliphatic heterocycles. The van der Waals surface area contributed by atoms with Gasteiger partial charge in [0.15, 0.2) is 0 Å². The minimum absolute atomic E-state index is 0.784. The molecule has 0 radical (unpaired) electrons. The summed E-state index contributed by atoms with van der Waals surface area (Å²) in [6.45, 7) is 6.93. The maximum absolute atomic E-state index is 2.38. The Bertz CT molecular complexity index is 324. The van der Waals surface area contributed by atoms with Gasteiger partial charge in [0.2, 0.25) is 0 Å². The lowest BCUT2D eigenvalue weighted by Gasteiger charge is -2.07. The van der Waals surface area contributed by atoms with Crippen LogP contribution in [-0.2, 0) is 12.8 Å². The first-order valence-electron chi connectivity index (χ1n) is 8.78. The zero-order chi connectivity index (χ0) is 14.6. The van der Waals surface area contributed by atoms with Crippen molar-refractivity contribution in [2.24, 2.45) is 5.92 Å². The number of hydrogen-bond donors (Lipinski definition) is 0. The summed E-state index contributed by atoms with van der Waals surface area (Å²) < 4.78 is 0. The van der Waals surface area contributed by atoms with Crippen LogP contribution in [0.1, 0.15) is 89.7 Å². The van der Waals surface area contributed by atoms with Gasteiger partial charge in [0.1, 0.15) is 0 Å². The van der Waals surface area contributed by atoms with Gasteiger partial charge < -0.3 is 0 Å². The Morgan fingerprint density at radius 2 is 1.35 bits per heavy atom. The predicted molar refractivity (Wildman–Crippen MR) is 93.8 cm³/mol. The van der Waals surface area contributed by atoms with Crippen LogP contribution in [0.3, 0.4) is 0 Å². The summed E-state index contributed by atoms with van der Waals surface area (Å²) in [5.74, 6) is 0.784. The number of hydrogen-bond acceptors (Lipinski definition) is 1. The zero-order valence-electron chi connectivity index (χ0n) is 13.9. The van der Waals surface area contributed by atoms with E-state index in [1.807, 2.05) is 11.3 Å². The van der Waals surface area contributed by atoms with Crippen molar-refractivity contribution >= 4 is 11.3 Å². The molecule has 20 heavy (non-hydrogen) atoms. The molecule has 116 valence electrons. The standard InChI is InChI=1S/C19H34S/c1-4-5-6-7-8-9-10-11-12-13-18-15-20-16-19(18)14-17(2)3/h15-17H,4-14H2,1-3H3. The van der Waals surface area contributed by atoms with Gasteiger partial charge in [-0.05, 0) is 47.1 Å². The van der Waals surface area contributed by atoms with Gasteiger partial charge in [-0.3, -0.25) is 0 Å². The summed E-state index contributed by atoms with van der Waals surface area (Å²) in [6, 6.07) is 0. The average molecular weight is 295 g/mol. The molecule has 1 rings (SSSR count). The molecule has 0 amide bonds. The second-order valence-corrected chi connectivity index (χ2v) is 7.34. The number of aryl methyl sites for hydroxylation is 1. The largest absolute Gasteiger partial charge is 0.152 e. The normalized spacial score (nSPS) is 11.4. The highest BCUT2D eigenvalue weighted by Gasteiger charge is 2.05. The van der Waals surface area contributed by atoms with Crippen LogP contribution in [0, 0.1) is 5.92 Å². The molecule has 0 spiro atoms. The van der Waals surface area contributed by atoms with E-state index in [0.717, 1.165) is 5.92 Å². The average Bonchev–Trinajstić information content (AvgIpc) is 2.83. The van der Waals surface area contributed by atoms with Gasteiger partial charge in [-0.2, -0.15) is 11.3 Å². The van der Waals surface area contributed by atoms with Crippen molar-refractivity contribution in [1.82, 2.24) is 0 Å². The smallest absolute Gasteiger partial charge is 0.00583 e. The minimum Gasteiger partial charge on any atom is -0.152 e. The van der Waals surface area contributed by atoms with Crippen molar-refractivity contribution in [3.63, 3.8) is 0 Å². The fourth-order valence-electron chi connectivity index (χ4n) is 2.81. The lowest BCUT2D eigenvalue weighted by Crippen LogP contribution is -1.96. The van der Waals surface area contributed by atoms with Crippen molar-refractivity contribution in [1.29, 1.82) is 0 Å². The molecule has 1 heteroatoms. The molecule has 0 N–H and O–H groups in total. The van der Waals surface area contributed by atoms with E-state index in [1.165, 1.54) is 70.6 Å². The highest BCUT2D eigenvalue weighted by Crippen LogP contribution is 2.21. The lowest BCUT2D eigenvalue weighted by atomic mass is 9.98. The van der Waals surface area contributed by atoms with E-state index in [1.54, 1.807) is 11.1 Å². The molecule has 0 fully saturated rings. The van der Waals surface area contributed by atoms with Gasteiger partial charge >= 0.3 is 0 Å². The first kappa shape index (κ1) is 17.8. The maximum atomic E-state index is 2.38. The van der Waals surface area contributed by atoms with Crippen molar-refractivity contribution in [3.8, 4) is 0 Å². The summed E-state index contributed by atoms with van der Waals surface area (Å²) in [5.41, 5.74) is 3.25. The fraction of sp³-hybridized carbons (Fsp3) is 0.789. The van der Waals surface area contributed by atoms with Crippen LogP contribution in [0.2, 0.25) is 0 Å². The SMILES string of the molecule is CCCCCCCCCCCc1cscc1CC(C)C. The lowest BCUT2D eigenvalue weighted by molar-refractivity contribution is 0.564. The van der Waals surface area contributed by atoms with E-state index in [2.05, 4.69) is 31.5 Å². The highest BCUT2D eigenvalue weighted by atomic mass is 32.1. The predicted octanol–water partition coefficient (Wildman–Crippen LogP) is 7.02. The second-order valence-electron chi connectivity index (χ2n) is 6.60. The molecule has 0 saturated carbocycles. The van der Waals surface area contributed by atoms with Crippen LogP contribution in [0.4, 0.5) is 0 Å². The summed E-state index contributed by atoms with van der Waals surface area (Å²) >= 11 is 1.89. The third kappa shape index (κ3) is 8.09. The van der Waals surface area contributed by atoms with Gasteiger partial charge in [0.05, 0.1) is 0 Å². The monoisotopic (exact) mass is 294 g/mol. The highest BCUT2D eigenvalue weighted by molar-refractivity contribution is 7.08. The van der Waals surface area contributed by atoms with Gasteiger partial charge in [-0.1, -0.05) is 72.1 Å². The van der Waals surface area contributed by atoms with Crippen molar-refractivity contribution in [2.75, 3.05) is 0 Å². The second kappa shape index (κ2) is 11.4. The molecule has 1 heterocycles. The van der Waals surface area contributed by atoms with Crippen LogP contribution >= 0.6 is 11.3 Å². The third-order valence-corrected chi connectivity index (χ3v) is 4.85. The van der Waals surface area contributed by atoms with E-state index in [4.69, 9.17) is 0 Å². The Balaban J connectivity index is 2.02. The molecule has 0 nitrogen and oxygen atoms in total. The molecule has 0 aliphatic rings. The van der Waals surface area contributed by atoms with E-state index >= 15 is 0 Å². The summed E-state index contributed by atoms with van der Waals surface area (Å²) in [6.07, 6.45) is 15.4. The molecule has 0 atom stereocenters. The molecule has 0 bridgehead atoms. The Morgan fingerprint density at radius 3 is 1.95 bits per heavy atom. The number of rotatable bonds is 12. The van der Waals surface area contributed by atoms with Crippen molar-refractivity contribution in [2.45, 2.75) is 91.4 Å². The summed E-state index contributed by atoms with van der Waals surface area (Å²) in [4.78, 5) is 0. The molecular weight excluding hydrogens is 260 g/mol. The van der Waals surface area contributed by atoms with Gasteiger partial charge in [-0.25, -0.2) is 0 Å². The minimum atomic E-state index is 0.784. The van der Waals surface area contributed by atoms with Crippen LogP contribution in [0.5, 0.6) is 0 Å². The Kier molecular flexibility index (Phi) is 10.1. The van der Waals surface area contributed by atoms with Crippen LogP contribution < -0.4 is 0 Å². The molecule has 0 saturated heterocycles. The Hall–Kier alpha value is -0.300. The maximum Gasteiger partial charge on any atom is -0.00583 e. The Morgan fingerprint density at radius 1 is 0.800 bits per heavy atom. The first-order valence-corrected chi connectivity index (χ1v) is 9.72. The molecule has 1 aromatic heterocycles. The van der Waals surface area contributed by atoms with Crippen LogP contribution in [0.15, 0.2) is 10.8 Å². The van der Waals surface area contributed by atoms with Crippen molar-refractivity contribution < 1.29 is 0 Å². The Labute approximate surface area is 131 Å². The third-order valence-electron chi connectivity index (χ3n) is 4.01. The molecule has 0 aliphatic carbocycles. The van der Waals surface area contributed by atoms with Crippen LogP contribution in [0.25, 0.3) is 0 Å². The molecular formula is C19H34S. The number of unbranched alkanes of at least 4 members (excludes halogenated alkanes) is 8. The van der Waals surface area contributed by atoms with Gasteiger partial charge in [-0.15, -0.1) is 0 Å². The quantitative estimate of drug-likeness (QED) is 0.363. The topological polar surface area (TPSA) is 0 Å². The van der Waals surface area contributed by atoms with Gasteiger partial charge in [0, 0.05) is 0 Å². The summed E-state index contributed by atoms with van der Waals surface area (Å²) in [7, 11) is 0. The van der Waals surface area contributed by atoms with Crippen molar-refractivity contribution in [3.05, 3.63) is 21.9 Å². The van der Waals surface area contributed by atoms with E-state index in [-0.39, 0.29) is 0 Å². The van der Waals surface area contributed by atoms with E-state index < -0.39 is 0 Å². The first-order chi connectivity index (χ1) is 9.74. The molecule has 0 aromatic carbocycles.